The third-order valence-electron chi connectivity index (χ3n) is 5.37. The molecule has 2 fully saturated rings. The molecule has 0 aromatic rings. The van der Waals surface area contributed by atoms with E-state index in [9.17, 15) is 0 Å². The van der Waals surface area contributed by atoms with Crippen molar-refractivity contribution in [2.75, 3.05) is 53.4 Å². The van der Waals surface area contributed by atoms with Crippen LogP contribution in [-0.4, -0.2) is 74.1 Å². The van der Waals surface area contributed by atoms with Crippen LogP contribution in [0.1, 0.15) is 39.5 Å². The van der Waals surface area contributed by atoms with Crippen LogP contribution in [0.2, 0.25) is 0 Å². The predicted molar refractivity (Wildman–Crippen MR) is 82.6 cm³/mol. The van der Waals surface area contributed by atoms with E-state index >= 15 is 0 Å². The average Bonchev–Trinajstić information content (AvgIpc) is 2.39. The van der Waals surface area contributed by atoms with Crippen LogP contribution in [0.15, 0.2) is 0 Å². The first-order valence-electron chi connectivity index (χ1n) is 8.12. The molecule has 0 unspecified atom stereocenters. The quantitative estimate of drug-likeness (QED) is 0.773. The molecule has 2 aliphatic rings. The Bertz CT molecular complexity index is 257. The van der Waals surface area contributed by atoms with E-state index in [0.717, 1.165) is 6.04 Å². The van der Waals surface area contributed by atoms with E-state index in [1.54, 1.807) is 0 Å². The van der Waals surface area contributed by atoms with Crippen LogP contribution in [0.5, 0.6) is 0 Å². The fraction of sp³-hybridized carbons (Fsp3) is 1.00. The van der Waals surface area contributed by atoms with Crippen molar-refractivity contribution >= 4 is 0 Å². The molecule has 0 amide bonds. The lowest BCUT2D eigenvalue weighted by Gasteiger charge is -2.48. The molecule has 0 aromatic carbocycles. The van der Waals surface area contributed by atoms with Gasteiger partial charge >= 0.3 is 0 Å². The molecule has 3 heteroatoms. The maximum atomic E-state index is 2.67. The average molecular weight is 267 g/mol. The third-order valence-corrected chi connectivity index (χ3v) is 5.37. The highest BCUT2D eigenvalue weighted by atomic mass is 15.2. The summed E-state index contributed by atoms with van der Waals surface area (Å²) in [6, 6.07) is 0.734. The van der Waals surface area contributed by atoms with Gasteiger partial charge in [0.2, 0.25) is 0 Å². The van der Waals surface area contributed by atoms with Gasteiger partial charge in [0.05, 0.1) is 0 Å². The summed E-state index contributed by atoms with van der Waals surface area (Å²) in [7, 11) is 4.35. The first-order valence-corrected chi connectivity index (χ1v) is 8.12. The first-order chi connectivity index (χ1) is 9.01. The summed E-state index contributed by atoms with van der Waals surface area (Å²) < 4.78 is 0. The lowest BCUT2D eigenvalue weighted by Crippen LogP contribution is -2.49. The van der Waals surface area contributed by atoms with Crippen molar-refractivity contribution in [3.8, 4) is 0 Å². The van der Waals surface area contributed by atoms with Crippen molar-refractivity contribution in [3.05, 3.63) is 0 Å². The second-order valence-electron chi connectivity index (χ2n) is 7.27. The summed E-state index contributed by atoms with van der Waals surface area (Å²) >= 11 is 0. The molecule has 19 heavy (non-hydrogen) atoms. The van der Waals surface area contributed by atoms with Gasteiger partial charge in [-0.2, -0.15) is 0 Å². The van der Waals surface area contributed by atoms with Crippen LogP contribution in [0, 0.1) is 5.41 Å². The highest BCUT2D eigenvalue weighted by Gasteiger charge is 2.37. The number of likely N-dealkylation sites (tertiary alicyclic amines) is 2. The van der Waals surface area contributed by atoms with E-state index in [-0.39, 0.29) is 0 Å². The van der Waals surface area contributed by atoms with Crippen molar-refractivity contribution in [3.63, 3.8) is 0 Å². The highest BCUT2D eigenvalue weighted by molar-refractivity contribution is 4.91. The monoisotopic (exact) mass is 267 g/mol. The minimum absolute atomic E-state index is 0.694. The summed E-state index contributed by atoms with van der Waals surface area (Å²) in [5, 5.41) is 0. The highest BCUT2D eigenvalue weighted by Crippen LogP contribution is 2.41. The van der Waals surface area contributed by atoms with Crippen LogP contribution in [0.25, 0.3) is 0 Å². The lowest BCUT2D eigenvalue weighted by atomic mass is 9.71. The van der Waals surface area contributed by atoms with Gasteiger partial charge in [0.1, 0.15) is 0 Å². The molecule has 2 saturated heterocycles. The molecule has 112 valence electrons. The molecule has 0 saturated carbocycles. The van der Waals surface area contributed by atoms with Gasteiger partial charge in [-0.1, -0.05) is 0 Å². The third kappa shape index (κ3) is 4.17. The van der Waals surface area contributed by atoms with Crippen molar-refractivity contribution in [2.45, 2.75) is 45.6 Å². The maximum Gasteiger partial charge on any atom is 0.0109 e. The topological polar surface area (TPSA) is 9.72 Å². The van der Waals surface area contributed by atoms with E-state index in [0.29, 0.717) is 5.41 Å². The molecule has 0 radical (unpaired) electrons. The predicted octanol–water partition coefficient (Wildman–Crippen LogP) is 2.13. The van der Waals surface area contributed by atoms with Gasteiger partial charge in [-0.05, 0) is 85.2 Å². The molecular formula is C16H33N3. The summed E-state index contributed by atoms with van der Waals surface area (Å²) in [6.07, 6.45) is 5.75. The number of nitrogens with zero attached hydrogens (tertiary/aromatic N) is 3. The van der Waals surface area contributed by atoms with Crippen molar-refractivity contribution in [1.82, 2.24) is 14.7 Å². The maximum absolute atomic E-state index is 2.67. The summed E-state index contributed by atoms with van der Waals surface area (Å²) in [6.45, 7) is 12.4. The zero-order chi connectivity index (χ0) is 13.9. The fourth-order valence-corrected chi connectivity index (χ4v) is 3.61. The molecule has 0 atom stereocenters. The van der Waals surface area contributed by atoms with Gasteiger partial charge in [0, 0.05) is 19.1 Å². The first kappa shape index (κ1) is 15.3. The zero-order valence-corrected chi connectivity index (χ0v) is 13.5. The Morgan fingerprint density at radius 3 is 1.95 bits per heavy atom. The van der Waals surface area contributed by atoms with E-state index in [4.69, 9.17) is 0 Å². The number of hydrogen-bond acceptors (Lipinski definition) is 3. The molecule has 0 N–H and O–H groups in total. The molecule has 0 aromatic heterocycles. The van der Waals surface area contributed by atoms with Gasteiger partial charge in [0.25, 0.3) is 0 Å². The second kappa shape index (κ2) is 6.55. The number of piperidine rings is 2. The van der Waals surface area contributed by atoms with E-state index in [2.05, 4.69) is 42.6 Å². The van der Waals surface area contributed by atoms with Crippen LogP contribution < -0.4 is 0 Å². The Labute approximate surface area is 119 Å². The fourth-order valence-electron chi connectivity index (χ4n) is 3.61. The van der Waals surface area contributed by atoms with Gasteiger partial charge in [-0.15, -0.1) is 0 Å². The largest absolute Gasteiger partial charge is 0.308 e. The van der Waals surface area contributed by atoms with Crippen LogP contribution in [0.3, 0.4) is 0 Å². The van der Waals surface area contributed by atoms with Crippen molar-refractivity contribution < 1.29 is 0 Å². The van der Waals surface area contributed by atoms with Crippen LogP contribution in [0.4, 0.5) is 0 Å². The van der Waals surface area contributed by atoms with Crippen molar-refractivity contribution in [2.24, 2.45) is 5.41 Å². The second-order valence-corrected chi connectivity index (χ2v) is 7.27. The molecule has 0 aliphatic carbocycles. The Balaban J connectivity index is 1.74. The molecule has 2 heterocycles. The van der Waals surface area contributed by atoms with E-state index in [1.165, 1.54) is 65.0 Å². The molecule has 2 aliphatic heterocycles. The lowest BCUT2D eigenvalue weighted by molar-refractivity contribution is 0.0238. The van der Waals surface area contributed by atoms with Crippen LogP contribution >= 0.6 is 0 Å². The van der Waals surface area contributed by atoms with Crippen LogP contribution in [-0.2, 0) is 0 Å². The van der Waals surface area contributed by atoms with Gasteiger partial charge in [-0.25, -0.2) is 0 Å². The Morgan fingerprint density at radius 1 is 0.947 bits per heavy atom. The molecule has 0 bridgehead atoms. The van der Waals surface area contributed by atoms with Gasteiger partial charge < -0.3 is 14.7 Å². The zero-order valence-electron chi connectivity index (χ0n) is 13.5. The summed E-state index contributed by atoms with van der Waals surface area (Å²) in [5.74, 6) is 0. The summed E-state index contributed by atoms with van der Waals surface area (Å²) in [5.41, 5.74) is 0.694. The summed E-state index contributed by atoms with van der Waals surface area (Å²) in [4.78, 5) is 7.62. The minimum atomic E-state index is 0.694. The SMILES string of the molecule is CC(C)N1CCC2(CCN(CCN(C)C)CC2)CC1. The number of likely N-dealkylation sites (N-methyl/N-ethyl adjacent to an activating group) is 1. The normalized spacial score (nSPS) is 25.6. The standard InChI is InChI=1S/C16H33N3/c1-15(2)19-11-7-16(8-12-19)5-9-18(10-6-16)14-13-17(3)4/h15H,5-14H2,1-4H3. The van der Waals surface area contributed by atoms with E-state index in [1.807, 2.05) is 0 Å². The Morgan fingerprint density at radius 2 is 1.47 bits per heavy atom. The van der Waals surface area contributed by atoms with E-state index < -0.39 is 0 Å². The molecule has 1 spiro atoms. The Kier molecular flexibility index (Phi) is 5.27. The smallest absolute Gasteiger partial charge is 0.0109 e. The molecular weight excluding hydrogens is 234 g/mol. The minimum Gasteiger partial charge on any atom is -0.308 e. The molecule has 2 rings (SSSR count). The van der Waals surface area contributed by atoms with Gasteiger partial charge in [-0.3, -0.25) is 0 Å². The number of hydrogen-bond donors (Lipinski definition) is 0. The molecule has 3 nitrogen and oxygen atoms in total. The Hall–Kier alpha value is -0.120. The van der Waals surface area contributed by atoms with Crippen molar-refractivity contribution in [1.29, 1.82) is 0 Å². The van der Waals surface area contributed by atoms with Gasteiger partial charge in [0.15, 0.2) is 0 Å². The number of rotatable bonds is 4.